The highest BCUT2D eigenvalue weighted by Crippen LogP contribution is 2.43. The molecule has 98 valence electrons. The third kappa shape index (κ3) is 1.47. The minimum atomic E-state index is 0.0455. The van der Waals surface area contributed by atoms with Gasteiger partial charge in [0.2, 0.25) is 0 Å². The van der Waals surface area contributed by atoms with Gasteiger partial charge in [-0.05, 0) is 31.4 Å². The average Bonchev–Trinajstić information content (AvgIpc) is 2.35. The van der Waals surface area contributed by atoms with Gasteiger partial charge >= 0.3 is 0 Å². The van der Waals surface area contributed by atoms with Crippen molar-refractivity contribution >= 4 is 0 Å². The molecule has 0 radical (unpaired) electrons. The molecule has 1 fully saturated rings. The molecule has 0 unspecified atom stereocenters. The summed E-state index contributed by atoms with van der Waals surface area (Å²) >= 11 is 0. The molecule has 0 aromatic carbocycles. The van der Waals surface area contributed by atoms with Crippen molar-refractivity contribution in [1.29, 1.82) is 0 Å². The molecular formula is C15H22N2O. The predicted molar refractivity (Wildman–Crippen MR) is 71.7 cm³/mol. The van der Waals surface area contributed by atoms with Crippen molar-refractivity contribution in [2.45, 2.75) is 44.6 Å². The number of ether oxygens (including phenoxy) is 1. The van der Waals surface area contributed by atoms with Crippen LogP contribution in [0, 0.1) is 6.92 Å². The molecule has 0 atom stereocenters. The molecule has 2 aliphatic heterocycles. The zero-order valence-corrected chi connectivity index (χ0v) is 11.5. The summed E-state index contributed by atoms with van der Waals surface area (Å²) in [5.41, 5.74) is 4.05. The lowest BCUT2D eigenvalue weighted by molar-refractivity contribution is -0.0874. The van der Waals surface area contributed by atoms with Gasteiger partial charge in [-0.2, -0.15) is 0 Å². The summed E-state index contributed by atoms with van der Waals surface area (Å²) in [6, 6.07) is 4.38. The summed E-state index contributed by atoms with van der Waals surface area (Å²) in [7, 11) is 0. The van der Waals surface area contributed by atoms with Crippen LogP contribution in [0.1, 0.15) is 43.6 Å². The van der Waals surface area contributed by atoms with E-state index < -0.39 is 0 Å². The van der Waals surface area contributed by atoms with Crippen LogP contribution in [-0.2, 0) is 15.7 Å². The van der Waals surface area contributed by atoms with Crippen LogP contribution in [0.2, 0.25) is 0 Å². The number of fused-ring (bicyclic) bond motifs is 2. The van der Waals surface area contributed by atoms with Crippen molar-refractivity contribution in [3.8, 4) is 0 Å². The molecule has 0 saturated carbocycles. The predicted octanol–water partition coefficient (Wildman–Crippen LogP) is 2.28. The third-order valence-electron chi connectivity index (χ3n) is 4.87. The number of rotatable bonds is 2. The molecule has 3 nitrogen and oxygen atoms in total. The summed E-state index contributed by atoms with van der Waals surface area (Å²) in [5.74, 6) is 0. The molecule has 0 bridgehead atoms. The van der Waals surface area contributed by atoms with Gasteiger partial charge in [0.1, 0.15) is 0 Å². The van der Waals surface area contributed by atoms with Gasteiger partial charge in [0.25, 0.3) is 0 Å². The van der Waals surface area contributed by atoms with Crippen molar-refractivity contribution in [3.05, 3.63) is 29.1 Å². The third-order valence-corrected chi connectivity index (χ3v) is 4.87. The Bertz CT molecular complexity index is 462. The van der Waals surface area contributed by atoms with E-state index in [1.165, 1.54) is 11.3 Å². The van der Waals surface area contributed by atoms with Crippen LogP contribution in [0.15, 0.2) is 12.1 Å². The Morgan fingerprint density at radius 2 is 2.00 bits per heavy atom. The van der Waals surface area contributed by atoms with Crippen molar-refractivity contribution in [2.75, 3.05) is 19.8 Å². The van der Waals surface area contributed by atoms with Crippen LogP contribution in [0.4, 0.5) is 0 Å². The molecule has 0 amide bonds. The van der Waals surface area contributed by atoms with Crippen molar-refractivity contribution in [1.82, 2.24) is 10.3 Å². The second-order valence-electron chi connectivity index (χ2n) is 5.76. The molecule has 3 heterocycles. The molecular weight excluding hydrogens is 224 g/mol. The van der Waals surface area contributed by atoms with Crippen LogP contribution >= 0.6 is 0 Å². The molecule has 1 aromatic heterocycles. The number of nitrogens with one attached hydrogen (secondary N) is 1. The van der Waals surface area contributed by atoms with E-state index >= 15 is 0 Å². The second-order valence-corrected chi connectivity index (χ2v) is 5.76. The molecule has 1 spiro atoms. The average molecular weight is 246 g/mol. The summed E-state index contributed by atoms with van der Waals surface area (Å²) < 4.78 is 5.45. The summed E-state index contributed by atoms with van der Waals surface area (Å²) in [6.45, 7) is 9.22. The first-order valence-corrected chi connectivity index (χ1v) is 6.97. The zero-order valence-electron chi connectivity index (χ0n) is 11.5. The van der Waals surface area contributed by atoms with Gasteiger partial charge in [-0.3, -0.25) is 4.98 Å². The second kappa shape index (κ2) is 4.04. The summed E-state index contributed by atoms with van der Waals surface area (Å²) in [5, 5.41) is 3.74. The van der Waals surface area contributed by atoms with E-state index in [-0.39, 0.29) is 11.0 Å². The van der Waals surface area contributed by atoms with Gasteiger partial charge < -0.3 is 10.1 Å². The smallest absolute Gasteiger partial charge is 0.0926 e. The molecule has 3 rings (SSSR count). The van der Waals surface area contributed by atoms with E-state index in [1.54, 1.807) is 0 Å². The molecule has 1 aromatic rings. The van der Waals surface area contributed by atoms with Crippen molar-refractivity contribution < 1.29 is 4.74 Å². The first kappa shape index (κ1) is 12.1. The van der Waals surface area contributed by atoms with Gasteiger partial charge in [0.05, 0.1) is 24.4 Å². The van der Waals surface area contributed by atoms with Crippen LogP contribution in [0.5, 0.6) is 0 Å². The minimum Gasteiger partial charge on any atom is -0.377 e. The highest BCUT2D eigenvalue weighted by molar-refractivity contribution is 5.40. The molecule has 2 aliphatic rings. The SMILES string of the molecule is CCC1(CC)CNC2(COC2)c2ccc(C)nc21. The zero-order chi connectivity index (χ0) is 12.8. The van der Waals surface area contributed by atoms with Gasteiger partial charge in [-0.15, -0.1) is 0 Å². The summed E-state index contributed by atoms with van der Waals surface area (Å²) in [4.78, 5) is 4.89. The monoisotopic (exact) mass is 246 g/mol. The maximum atomic E-state index is 5.45. The van der Waals surface area contributed by atoms with E-state index in [0.29, 0.717) is 0 Å². The van der Waals surface area contributed by atoms with Crippen molar-refractivity contribution in [3.63, 3.8) is 0 Å². The Kier molecular flexibility index (Phi) is 2.72. The Morgan fingerprint density at radius 3 is 2.56 bits per heavy atom. The Hall–Kier alpha value is -0.930. The number of hydrogen-bond donors (Lipinski definition) is 1. The first-order valence-electron chi connectivity index (χ1n) is 6.97. The van der Waals surface area contributed by atoms with Gasteiger partial charge in [-0.25, -0.2) is 0 Å². The Labute approximate surface area is 109 Å². The van der Waals surface area contributed by atoms with E-state index in [4.69, 9.17) is 9.72 Å². The number of aromatic nitrogens is 1. The quantitative estimate of drug-likeness (QED) is 0.869. The molecule has 0 aliphatic carbocycles. The normalized spacial score (nSPS) is 23.5. The van der Waals surface area contributed by atoms with E-state index in [9.17, 15) is 0 Å². The summed E-state index contributed by atoms with van der Waals surface area (Å²) in [6.07, 6.45) is 2.27. The lowest BCUT2D eigenvalue weighted by Crippen LogP contribution is -2.64. The maximum Gasteiger partial charge on any atom is 0.0926 e. The van der Waals surface area contributed by atoms with Crippen LogP contribution in [-0.4, -0.2) is 24.7 Å². The fourth-order valence-electron chi connectivity index (χ4n) is 3.26. The highest BCUT2D eigenvalue weighted by atomic mass is 16.5. The van der Waals surface area contributed by atoms with E-state index in [2.05, 4.69) is 38.2 Å². The molecule has 18 heavy (non-hydrogen) atoms. The fraction of sp³-hybridized carbons (Fsp3) is 0.667. The van der Waals surface area contributed by atoms with Gasteiger partial charge in [0, 0.05) is 17.7 Å². The van der Waals surface area contributed by atoms with Crippen LogP contribution in [0.25, 0.3) is 0 Å². The van der Waals surface area contributed by atoms with Gasteiger partial charge in [-0.1, -0.05) is 19.9 Å². The maximum absolute atomic E-state index is 5.45. The van der Waals surface area contributed by atoms with Gasteiger partial charge in [0.15, 0.2) is 0 Å². The fourth-order valence-corrected chi connectivity index (χ4v) is 3.26. The van der Waals surface area contributed by atoms with E-state index in [0.717, 1.165) is 38.3 Å². The lowest BCUT2D eigenvalue weighted by Gasteiger charge is -2.51. The number of nitrogens with zero attached hydrogens (tertiary/aromatic N) is 1. The topological polar surface area (TPSA) is 34.1 Å². The highest BCUT2D eigenvalue weighted by Gasteiger charge is 2.50. The van der Waals surface area contributed by atoms with Crippen LogP contribution in [0.3, 0.4) is 0 Å². The van der Waals surface area contributed by atoms with E-state index in [1.807, 2.05) is 0 Å². The van der Waals surface area contributed by atoms with Crippen LogP contribution < -0.4 is 5.32 Å². The standard InChI is InChI=1S/C15H22N2O/c1-4-14(5-2)8-16-15(9-18-10-15)12-7-6-11(3)17-13(12)14/h6-7,16H,4-5,8-10H2,1-3H3. The number of aryl methyl sites for hydroxylation is 1. The first-order chi connectivity index (χ1) is 8.66. The molecule has 1 N–H and O–H groups in total. The lowest BCUT2D eigenvalue weighted by atomic mass is 9.69. The van der Waals surface area contributed by atoms with Crippen molar-refractivity contribution in [2.24, 2.45) is 0 Å². The molecule has 3 heteroatoms. The number of hydrogen-bond acceptors (Lipinski definition) is 3. The number of pyridine rings is 1. The molecule has 1 saturated heterocycles. The Balaban J connectivity index is 2.16. The minimum absolute atomic E-state index is 0.0455. The Morgan fingerprint density at radius 1 is 1.28 bits per heavy atom. The largest absolute Gasteiger partial charge is 0.377 e.